The molecule has 0 amide bonds. The Labute approximate surface area is 111 Å². The molecule has 1 aromatic rings. The molecule has 0 saturated carbocycles. The zero-order valence-corrected chi connectivity index (χ0v) is 11.0. The molecule has 0 aliphatic carbocycles. The zero-order chi connectivity index (χ0) is 14.0. The van der Waals surface area contributed by atoms with Crippen LogP contribution in [0.2, 0.25) is 0 Å². The van der Waals surface area contributed by atoms with Crippen LogP contribution in [0.3, 0.4) is 0 Å². The van der Waals surface area contributed by atoms with Crippen molar-refractivity contribution in [1.82, 2.24) is 4.98 Å². The van der Waals surface area contributed by atoms with Crippen molar-refractivity contribution in [3.63, 3.8) is 0 Å². The minimum absolute atomic E-state index is 0.0538. The Morgan fingerprint density at radius 1 is 1.63 bits per heavy atom. The second kappa shape index (κ2) is 5.63. The minimum atomic E-state index is -0.494. The standard InChI is InChI=1S/C13H18N2O4/c1-3-9-8(2)19-13(6-12(9)16)10-4-5-14-7-11(10)15(17)18/h4-5,7-9,12-13,16H,3,6H2,1-2H3. The summed E-state index contributed by atoms with van der Waals surface area (Å²) >= 11 is 0. The van der Waals surface area contributed by atoms with Crippen LogP contribution in [0, 0.1) is 16.0 Å². The van der Waals surface area contributed by atoms with Gasteiger partial charge in [0.2, 0.25) is 0 Å². The summed E-state index contributed by atoms with van der Waals surface area (Å²) in [5, 5.41) is 21.1. The first-order valence-corrected chi connectivity index (χ1v) is 6.46. The van der Waals surface area contributed by atoms with Gasteiger partial charge >= 0.3 is 0 Å². The van der Waals surface area contributed by atoms with E-state index in [2.05, 4.69) is 4.98 Å². The topological polar surface area (TPSA) is 85.5 Å². The smallest absolute Gasteiger partial charge is 0.293 e. The molecule has 2 heterocycles. The number of hydrogen-bond donors (Lipinski definition) is 1. The van der Waals surface area contributed by atoms with Gasteiger partial charge in [-0.3, -0.25) is 15.1 Å². The third kappa shape index (κ3) is 2.74. The van der Waals surface area contributed by atoms with Gasteiger partial charge in [0, 0.05) is 18.5 Å². The number of aromatic nitrogens is 1. The SMILES string of the molecule is CCC1C(O)CC(c2ccncc2[N+](=O)[O-])OC1C. The summed E-state index contributed by atoms with van der Waals surface area (Å²) in [6, 6.07) is 1.59. The highest BCUT2D eigenvalue weighted by Gasteiger charge is 2.37. The Balaban J connectivity index is 2.26. The first-order valence-electron chi connectivity index (χ1n) is 6.46. The number of aliphatic hydroxyl groups is 1. The Morgan fingerprint density at radius 3 is 2.95 bits per heavy atom. The van der Waals surface area contributed by atoms with Gasteiger partial charge < -0.3 is 9.84 Å². The summed E-state index contributed by atoms with van der Waals surface area (Å²) in [6.45, 7) is 3.90. The van der Waals surface area contributed by atoms with E-state index in [9.17, 15) is 15.2 Å². The minimum Gasteiger partial charge on any atom is -0.393 e. The summed E-state index contributed by atoms with van der Waals surface area (Å²) in [5.74, 6) is 0.0807. The van der Waals surface area contributed by atoms with Crippen LogP contribution in [-0.2, 0) is 4.74 Å². The second-order valence-electron chi connectivity index (χ2n) is 4.90. The van der Waals surface area contributed by atoms with Crippen molar-refractivity contribution < 1.29 is 14.8 Å². The van der Waals surface area contributed by atoms with Gasteiger partial charge in [-0.25, -0.2) is 0 Å². The molecular formula is C13H18N2O4. The summed E-state index contributed by atoms with van der Waals surface area (Å²) in [7, 11) is 0. The monoisotopic (exact) mass is 266 g/mol. The fourth-order valence-electron chi connectivity index (χ4n) is 2.75. The molecule has 1 saturated heterocycles. The van der Waals surface area contributed by atoms with E-state index >= 15 is 0 Å². The van der Waals surface area contributed by atoms with Crippen molar-refractivity contribution in [2.45, 2.75) is 45.0 Å². The van der Waals surface area contributed by atoms with Gasteiger partial charge in [0.25, 0.3) is 5.69 Å². The lowest BCUT2D eigenvalue weighted by molar-refractivity contribution is -0.386. The Morgan fingerprint density at radius 2 is 2.37 bits per heavy atom. The van der Waals surface area contributed by atoms with E-state index in [1.54, 1.807) is 6.07 Å². The first-order chi connectivity index (χ1) is 9.04. The van der Waals surface area contributed by atoms with Crippen molar-refractivity contribution in [3.05, 3.63) is 34.1 Å². The molecular weight excluding hydrogens is 248 g/mol. The molecule has 0 radical (unpaired) electrons. The lowest BCUT2D eigenvalue weighted by Crippen LogP contribution is -2.39. The van der Waals surface area contributed by atoms with Gasteiger partial charge in [0.1, 0.15) is 6.20 Å². The molecule has 1 N–H and O–H groups in total. The zero-order valence-electron chi connectivity index (χ0n) is 11.0. The van der Waals surface area contributed by atoms with Gasteiger partial charge in [-0.2, -0.15) is 0 Å². The molecule has 6 nitrogen and oxygen atoms in total. The van der Waals surface area contributed by atoms with Crippen molar-refractivity contribution in [2.75, 3.05) is 0 Å². The van der Waals surface area contributed by atoms with Crippen LogP contribution in [0.4, 0.5) is 5.69 Å². The van der Waals surface area contributed by atoms with Gasteiger partial charge in [-0.05, 0) is 19.4 Å². The van der Waals surface area contributed by atoms with Gasteiger partial charge in [-0.1, -0.05) is 6.92 Å². The predicted octanol–water partition coefficient (Wildman–Crippen LogP) is 2.23. The van der Waals surface area contributed by atoms with E-state index in [1.165, 1.54) is 12.4 Å². The number of aliphatic hydroxyl groups excluding tert-OH is 1. The summed E-state index contributed by atoms with van der Waals surface area (Å²) in [4.78, 5) is 14.3. The van der Waals surface area contributed by atoms with Crippen molar-refractivity contribution in [1.29, 1.82) is 0 Å². The van der Waals surface area contributed by atoms with E-state index in [0.29, 0.717) is 12.0 Å². The molecule has 1 fully saturated rings. The van der Waals surface area contributed by atoms with E-state index in [1.807, 2.05) is 13.8 Å². The average molecular weight is 266 g/mol. The highest BCUT2D eigenvalue weighted by Crippen LogP contribution is 2.38. The molecule has 1 aliphatic rings. The number of rotatable bonds is 3. The van der Waals surface area contributed by atoms with Crippen molar-refractivity contribution >= 4 is 5.69 Å². The maximum atomic E-state index is 11.0. The van der Waals surface area contributed by atoms with Crippen LogP contribution in [-0.4, -0.2) is 27.2 Å². The van der Waals surface area contributed by atoms with E-state index in [0.717, 1.165) is 6.42 Å². The quantitative estimate of drug-likeness (QED) is 0.669. The van der Waals surface area contributed by atoms with Crippen molar-refractivity contribution in [3.8, 4) is 0 Å². The first kappa shape index (κ1) is 13.9. The second-order valence-corrected chi connectivity index (χ2v) is 4.90. The van der Waals surface area contributed by atoms with Crippen LogP contribution < -0.4 is 0 Å². The number of nitrogens with zero attached hydrogens (tertiary/aromatic N) is 2. The third-order valence-corrected chi connectivity index (χ3v) is 3.78. The fraction of sp³-hybridized carbons (Fsp3) is 0.615. The molecule has 19 heavy (non-hydrogen) atoms. The molecule has 0 spiro atoms. The molecule has 2 rings (SSSR count). The summed E-state index contributed by atoms with van der Waals surface area (Å²) in [5.41, 5.74) is 0.433. The highest BCUT2D eigenvalue weighted by molar-refractivity contribution is 5.38. The van der Waals surface area contributed by atoms with Crippen LogP contribution >= 0.6 is 0 Å². The average Bonchev–Trinajstić information content (AvgIpc) is 2.38. The number of hydrogen-bond acceptors (Lipinski definition) is 5. The number of nitro groups is 1. The van der Waals surface area contributed by atoms with Gasteiger partial charge in [0.05, 0.1) is 28.8 Å². The maximum Gasteiger partial charge on any atom is 0.293 e. The Bertz CT molecular complexity index is 454. The summed E-state index contributed by atoms with van der Waals surface area (Å²) < 4.78 is 5.84. The molecule has 104 valence electrons. The summed E-state index contributed by atoms with van der Waals surface area (Å²) in [6.07, 6.45) is 2.88. The fourth-order valence-corrected chi connectivity index (χ4v) is 2.75. The van der Waals surface area contributed by atoms with Gasteiger partial charge in [-0.15, -0.1) is 0 Å². The third-order valence-electron chi connectivity index (χ3n) is 3.78. The molecule has 4 unspecified atom stereocenters. The number of ether oxygens (including phenoxy) is 1. The largest absolute Gasteiger partial charge is 0.393 e. The molecule has 1 aliphatic heterocycles. The van der Waals surface area contributed by atoms with Crippen LogP contribution in [0.1, 0.15) is 38.4 Å². The maximum absolute atomic E-state index is 11.0. The molecule has 0 aromatic carbocycles. The molecule has 1 aromatic heterocycles. The van der Waals surface area contributed by atoms with Crippen LogP contribution in [0.5, 0.6) is 0 Å². The lowest BCUT2D eigenvalue weighted by Gasteiger charge is -2.37. The highest BCUT2D eigenvalue weighted by atomic mass is 16.6. The van der Waals surface area contributed by atoms with E-state index in [4.69, 9.17) is 4.74 Å². The van der Waals surface area contributed by atoms with Crippen LogP contribution in [0.15, 0.2) is 18.5 Å². The van der Waals surface area contributed by atoms with E-state index < -0.39 is 17.1 Å². The van der Waals surface area contributed by atoms with Gasteiger partial charge in [0.15, 0.2) is 0 Å². The van der Waals surface area contributed by atoms with Crippen LogP contribution in [0.25, 0.3) is 0 Å². The molecule has 6 heteroatoms. The Kier molecular flexibility index (Phi) is 4.11. The van der Waals surface area contributed by atoms with Crippen molar-refractivity contribution in [2.24, 2.45) is 5.92 Å². The number of pyridine rings is 1. The lowest BCUT2D eigenvalue weighted by atomic mass is 9.85. The Hall–Kier alpha value is -1.53. The van der Waals surface area contributed by atoms with E-state index in [-0.39, 0.29) is 17.7 Å². The predicted molar refractivity (Wildman–Crippen MR) is 68.6 cm³/mol. The normalized spacial score (nSPS) is 31.1. The molecule has 4 atom stereocenters. The molecule has 0 bridgehead atoms.